The Morgan fingerprint density at radius 1 is 1.75 bits per heavy atom. The fourth-order valence-corrected chi connectivity index (χ4v) is 0.832. The minimum absolute atomic E-state index is 0.875. The monoisotopic (exact) mass is 114 g/mol. The molecule has 0 saturated carbocycles. The Bertz CT molecular complexity index is 98.7. The molecule has 1 heterocycles. The largest absolute Gasteiger partial charge is 0.444 e. The average molecular weight is 114 g/mol. The van der Waals surface area contributed by atoms with Crippen molar-refractivity contribution < 1.29 is 9.31 Å². The van der Waals surface area contributed by atoms with Crippen LogP contribution in [0.15, 0.2) is 0 Å². The smallest absolute Gasteiger partial charge is 0.324 e. The molecule has 2 heteroatoms. The minimum atomic E-state index is 0.875. The predicted octanol–water partition coefficient (Wildman–Crippen LogP) is 0.467. The van der Waals surface area contributed by atoms with Crippen molar-refractivity contribution >= 4 is 6.40 Å². The molecule has 0 radical (unpaired) electrons. The topological polar surface area (TPSA) is 12.2 Å². The highest BCUT2D eigenvalue weighted by atomic mass is 16.5. The van der Waals surface area contributed by atoms with E-state index in [1.165, 1.54) is 6.42 Å². The summed E-state index contributed by atoms with van der Waals surface area (Å²) in [5, 5.41) is 0. The molecule has 0 aromatic heterocycles. The van der Waals surface area contributed by atoms with Gasteiger partial charge in [0.2, 0.25) is 0 Å². The van der Waals surface area contributed by atoms with Crippen LogP contribution in [0.1, 0.15) is 13.3 Å². The Kier molecular flexibility index (Phi) is 1.89. The molecule has 1 aliphatic rings. The second kappa shape index (κ2) is 2.70. The summed E-state index contributed by atoms with van der Waals surface area (Å²) in [6.07, 6.45) is 3.03. The Balaban J connectivity index is 2.23. The highest BCUT2D eigenvalue weighted by Gasteiger charge is 2.08. The van der Waals surface area contributed by atoms with Crippen molar-refractivity contribution in [2.45, 2.75) is 13.3 Å². The van der Waals surface area contributed by atoms with Crippen molar-refractivity contribution in [2.75, 3.05) is 19.7 Å². The average Bonchev–Trinajstić information content (AvgIpc) is 2.19. The number of hydrogen-bond donors (Lipinski definition) is 0. The summed E-state index contributed by atoms with van der Waals surface area (Å²) in [5.74, 6) is 0. The maximum Gasteiger partial charge on any atom is 0.324 e. The molecule has 0 aliphatic carbocycles. The molecule has 0 unspecified atom stereocenters. The van der Waals surface area contributed by atoms with Crippen molar-refractivity contribution in [3.63, 3.8) is 0 Å². The fourth-order valence-electron chi connectivity index (χ4n) is 0.832. The number of ether oxygens (including phenoxy) is 1. The third-order valence-electron chi connectivity index (χ3n) is 1.23. The molecule has 1 rings (SSSR count). The number of nitrogens with zero attached hydrogens (tertiary/aromatic N) is 1. The second-order valence-electron chi connectivity index (χ2n) is 2.01. The van der Waals surface area contributed by atoms with Crippen LogP contribution in [0.2, 0.25) is 0 Å². The van der Waals surface area contributed by atoms with Crippen LogP contribution in [0.5, 0.6) is 0 Å². The number of hydrogen-bond acceptors (Lipinski definition) is 1. The first kappa shape index (κ1) is 5.60. The van der Waals surface area contributed by atoms with Crippen molar-refractivity contribution in [1.82, 2.24) is 0 Å². The lowest BCUT2D eigenvalue weighted by Crippen LogP contribution is -2.10. The van der Waals surface area contributed by atoms with Crippen molar-refractivity contribution in [2.24, 2.45) is 0 Å². The summed E-state index contributed by atoms with van der Waals surface area (Å²) >= 11 is 0. The molecule has 46 valence electrons. The first-order chi connectivity index (χ1) is 3.93. The zero-order valence-electron chi connectivity index (χ0n) is 5.26. The van der Waals surface area contributed by atoms with Gasteiger partial charge in [-0.25, -0.2) is 4.58 Å². The van der Waals surface area contributed by atoms with E-state index in [0.717, 1.165) is 19.7 Å². The summed E-state index contributed by atoms with van der Waals surface area (Å²) < 4.78 is 7.20. The van der Waals surface area contributed by atoms with Crippen molar-refractivity contribution in [3.8, 4) is 0 Å². The van der Waals surface area contributed by atoms with Gasteiger partial charge < -0.3 is 4.74 Å². The van der Waals surface area contributed by atoms with Gasteiger partial charge >= 0.3 is 6.40 Å². The van der Waals surface area contributed by atoms with E-state index in [1.54, 1.807) is 0 Å². The Labute approximate surface area is 49.8 Å². The van der Waals surface area contributed by atoms with E-state index >= 15 is 0 Å². The first-order valence-corrected chi connectivity index (χ1v) is 3.12. The van der Waals surface area contributed by atoms with E-state index in [-0.39, 0.29) is 0 Å². The minimum Gasteiger partial charge on any atom is -0.444 e. The third-order valence-corrected chi connectivity index (χ3v) is 1.23. The molecule has 0 saturated heterocycles. The lowest BCUT2D eigenvalue weighted by molar-refractivity contribution is -0.513. The van der Waals surface area contributed by atoms with Crippen LogP contribution >= 0.6 is 0 Å². The quantitative estimate of drug-likeness (QED) is 0.475. The summed E-state index contributed by atoms with van der Waals surface area (Å²) in [7, 11) is 0. The summed E-state index contributed by atoms with van der Waals surface area (Å²) in [5.41, 5.74) is 0. The van der Waals surface area contributed by atoms with Crippen LogP contribution in [0, 0.1) is 0 Å². The van der Waals surface area contributed by atoms with Gasteiger partial charge in [0, 0.05) is 6.42 Å². The Hall–Kier alpha value is -0.530. The van der Waals surface area contributed by atoms with Crippen LogP contribution in [0.4, 0.5) is 0 Å². The van der Waals surface area contributed by atoms with Gasteiger partial charge in [0.05, 0.1) is 0 Å². The van der Waals surface area contributed by atoms with Crippen LogP contribution in [-0.4, -0.2) is 30.7 Å². The van der Waals surface area contributed by atoms with Gasteiger partial charge in [-0.3, -0.25) is 0 Å². The van der Waals surface area contributed by atoms with Gasteiger partial charge in [-0.2, -0.15) is 0 Å². The lowest BCUT2D eigenvalue weighted by atomic mass is 10.5. The van der Waals surface area contributed by atoms with E-state index < -0.39 is 0 Å². The predicted molar refractivity (Wildman–Crippen MR) is 32.3 cm³/mol. The molecule has 0 aromatic rings. The highest BCUT2D eigenvalue weighted by molar-refractivity contribution is 5.40. The normalized spacial score (nSPS) is 17.9. The van der Waals surface area contributed by atoms with Gasteiger partial charge in [-0.05, 0) is 0 Å². The van der Waals surface area contributed by atoms with E-state index in [4.69, 9.17) is 4.74 Å². The Morgan fingerprint density at radius 3 is 3.12 bits per heavy atom. The zero-order chi connectivity index (χ0) is 5.82. The fraction of sp³-hybridized carbons (Fsp3) is 0.833. The maximum absolute atomic E-state index is 5.01. The lowest BCUT2D eigenvalue weighted by Gasteiger charge is -1.87. The molecule has 0 spiro atoms. The maximum atomic E-state index is 5.01. The van der Waals surface area contributed by atoms with Crippen molar-refractivity contribution in [1.29, 1.82) is 0 Å². The molecule has 1 aliphatic heterocycles. The van der Waals surface area contributed by atoms with Gasteiger partial charge in [0.25, 0.3) is 0 Å². The zero-order valence-corrected chi connectivity index (χ0v) is 5.26. The molecule has 0 aromatic carbocycles. The molecule has 0 fully saturated rings. The summed E-state index contributed by atoms with van der Waals surface area (Å²) in [6, 6.07) is 0. The molecule has 0 atom stereocenters. The molecule has 0 N–H and O–H groups in total. The SMILES string of the molecule is CCC[N+]1=COCC1. The van der Waals surface area contributed by atoms with Gasteiger partial charge in [-0.1, -0.05) is 6.92 Å². The molecule has 0 bridgehead atoms. The molecule has 8 heavy (non-hydrogen) atoms. The molecular formula is C6H12NO+. The van der Waals surface area contributed by atoms with Crippen LogP contribution in [0.3, 0.4) is 0 Å². The van der Waals surface area contributed by atoms with Crippen LogP contribution in [0.25, 0.3) is 0 Å². The van der Waals surface area contributed by atoms with E-state index in [1.807, 2.05) is 6.40 Å². The summed E-state index contributed by atoms with van der Waals surface area (Å²) in [6.45, 7) is 5.26. The van der Waals surface area contributed by atoms with E-state index in [0.29, 0.717) is 0 Å². The second-order valence-corrected chi connectivity index (χ2v) is 2.01. The molecule has 0 amide bonds. The van der Waals surface area contributed by atoms with Crippen molar-refractivity contribution in [3.05, 3.63) is 0 Å². The summed E-state index contributed by atoms with van der Waals surface area (Å²) in [4.78, 5) is 0. The van der Waals surface area contributed by atoms with Crippen LogP contribution < -0.4 is 0 Å². The molecular weight excluding hydrogens is 102 g/mol. The van der Waals surface area contributed by atoms with E-state index in [9.17, 15) is 0 Å². The first-order valence-electron chi connectivity index (χ1n) is 3.12. The van der Waals surface area contributed by atoms with E-state index in [2.05, 4.69) is 11.5 Å². The Morgan fingerprint density at radius 2 is 2.62 bits per heavy atom. The van der Waals surface area contributed by atoms with Gasteiger partial charge in [0.15, 0.2) is 13.2 Å². The van der Waals surface area contributed by atoms with Crippen LogP contribution in [-0.2, 0) is 4.74 Å². The number of rotatable bonds is 2. The standard InChI is InChI=1S/C6H12NO/c1-2-3-7-4-5-8-6-7/h6H,2-5H2,1H3/q+1. The van der Waals surface area contributed by atoms with Gasteiger partial charge in [-0.15, -0.1) is 0 Å². The third kappa shape index (κ3) is 1.22. The van der Waals surface area contributed by atoms with Gasteiger partial charge in [0.1, 0.15) is 6.54 Å². The highest BCUT2D eigenvalue weighted by Crippen LogP contribution is 1.87. The molecule has 2 nitrogen and oxygen atoms in total.